The van der Waals surface area contributed by atoms with Gasteiger partial charge in [0.15, 0.2) is 0 Å². The second-order valence-corrected chi connectivity index (χ2v) is 5.48. The van der Waals surface area contributed by atoms with Crippen molar-refractivity contribution in [3.63, 3.8) is 0 Å². The zero-order chi connectivity index (χ0) is 14.0. The largest absolute Gasteiger partial charge is 0.488 e. The lowest BCUT2D eigenvalue weighted by Crippen LogP contribution is -2.08. The van der Waals surface area contributed by atoms with Crippen LogP contribution in [0.5, 0.6) is 5.75 Å². The molecule has 1 atom stereocenters. The highest BCUT2D eigenvalue weighted by molar-refractivity contribution is 9.10. The number of benzene rings is 1. The van der Waals surface area contributed by atoms with Crippen LogP contribution in [0.3, 0.4) is 0 Å². The van der Waals surface area contributed by atoms with Gasteiger partial charge in [-0.25, -0.2) is 0 Å². The zero-order valence-electron chi connectivity index (χ0n) is 11.2. The fourth-order valence-electron chi connectivity index (χ4n) is 1.86. The van der Waals surface area contributed by atoms with E-state index in [2.05, 4.69) is 21.1 Å². The Hall–Kier alpha value is -1.33. The Morgan fingerprint density at radius 2 is 2.16 bits per heavy atom. The third-order valence-corrected chi connectivity index (χ3v) is 3.51. The highest BCUT2D eigenvalue weighted by Crippen LogP contribution is 2.28. The van der Waals surface area contributed by atoms with Crippen LogP contribution < -0.4 is 10.5 Å². The molecule has 0 aliphatic rings. The smallest absolute Gasteiger partial charge is 0.140 e. The molecule has 0 spiro atoms. The number of ether oxygens (including phenoxy) is 1. The Balaban J connectivity index is 2.20. The summed E-state index contributed by atoms with van der Waals surface area (Å²) in [5.41, 5.74) is 8.78. The molecule has 0 bridgehead atoms. The van der Waals surface area contributed by atoms with Gasteiger partial charge in [0.25, 0.3) is 0 Å². The SMILES string of the molecule is Cc1noc(C)c1COc1ccc(Br)cc1[C@@H](C)N. The van der Waals surface area contributed by atoms with Crippen molar-refractivity contribution in [2.24, 2.45) is 5.73 Å². The minimum atomic E-state index is -0.0860. The fraction of sp³-hybridized carbons (Fsp3) is 0.357. The Morgan fingerprint density at radius 1 is 1.42 bits per heavy atom. The molecule has 1 aromatic carbocycles. The van der Waals surface area contributed by atoms with Gasteiger partial charge in [-0.1, -0.05) is 21.1 Å². The van der Waals surface area contributed by atoms with E-state index >= 15 is 0 Å². The molecule has 1 aromatic heterocycles. The lowest BCUT2D eigenvalue weighted by atomic mass is 10.1. The lowest BCUT2D eigenvalue weighted by Gasteiger charge is -2.14. The molecule has 0 unspecified atom stereocenters. The first kappa shape index (κ1) is 14.1. The Kier molecular flexibility index (Phi) is 4.27. The first-order chi connectivity index (χ1) is 8.99. The van der Waals surface area contributed by atoms with Gasteiger partial charge in [0.1, 0.15) is 18.1 Å². The number of hydrogen-bond donors (Lipinski definition) is 1. The predicted molar refractivity (Wildman–Crippen MR) is 77.1 cm³/mol. The first-order valence-corrected chi connectivity index (χ1v) is 6.88. The maximum Gasteiger partial charge on any atom is 0.140 e. The molecule has 2 rings (SSSR count). The van der Waals surface area contributed by atoms with Gasteiger partial charge in [-0.2, -0.15) is 0 Å². The van der Waals surface area contributed by atoms with Crippen LogP contribution in [0.2, 0.25) is 0 Å². The van der Waals surface area contributed by atoms with Crippen molar-refractivity contribution in [2.75, 3.05) is 0 Å². The number of halogens is 1. The number of aromatic nitrogens is 1. The van der Waals surface area contributed by atoms with Crippen molar-refractivity contribution in [3.8, 4) is 5.75 Å². The predicted octanol–water partition coefficient (Wildman–Crippen LogP) is 3.65. The van der Waals surface area contributed by atoms with E-state index in [4.69, 9.17) is 15.0 Å². The van der Waals surface area contributed by atoms with Crippen molar-refractivity contribution in [3.05, 3.63) is 45.3 Å². The Labute approximate surface area is 121 Å². The van der Waals surface area contributed by atoms with E-state index < -0.39 is 0 Å². The van der Waals surface area contributed by atoms with E-state index in [0.29, 0.717) is 6.61 Å². The molecule has 0 radical (unpaired) electrons. The minimum Gasteiger partial charge on any atom is -0.488 e. The van der Waals surface area contributed by atoms with Crippen LogP contribution in [-0.2, 0) is 6.61 Å². The van der Waals surface area contributed by atoms with Gasteiger partial charge in [0.05, 0.1) is 11.3 Å². The van der Waals surface area contributed by atoms with Crippen LogP contribution in [0, 0.1) is 13.8 Å². The summed E-state index contributed by atoms with van der Waals surface area (Å²) < 4.78 is 12.0. The molecule has 5 heteroatoms. The van der Waals surface area contributed by atoms with E-state index in [1.807, 2.05) is 39.0 Å². The van der Waals surface area contributed by atoms with Gasteiger partial charge >= 0.3 is 0 Å². The summed E-state index contributed by atoms with van der Waals surface area (Å²) in [6, 6.07) is 5.75. The number of nitrogens with two attached hydrogens (primary N) is 1. The standard InChI is InChI=1S/C14H17BrN2O2/c1-8(16)12-6-11(15)4-5-14(12)18-7-13-9(2)17-19-10(13)3/h4-6,8H,7,16H2,1-3H3/t8-/m1/s1. The molecule has 2 N–H and O–H groups in total. The lowest BCUT2D eigenvalue weighted by molar-refractivity contribution is 0.297. The molecule has 0 saturated carbocycles. The second kappa shape index (κ2) is 5.75. The topological polar surface area (TPSA) is 61.3 Å². The van der Waals surface area contributed by atoms with Crippen molar-refractivity contribution in [2.45, 2.75) is 33.4 Å². The summed E-state index contributed by atoms with van der Waals surface area (Å²) in [6.45, 7) is 6.16. The third kappa shape index (κ3) is 3.16. The van der Waals surface area contributed by atoms with E-state index in [1.165, 1.54) is 0 Å². The highest BCUT2D eigenvalue weighted by atomic mass is 79.9. The monoisotopic (exact) mass is 324 g/mol. The molecule has 102 valence electrons. The number of aryl methyl sites for hydroxylation is 2. The minimum absolute atomic E-state index is 0.0860. The van der Waals surface area contributed by atoms with Gasteiger partial charge < -0.3 is 15.0 Å². The fourth-order valence-corrected chi connectivity index (χ4v) is 2.24. The quantitative estimate of drug-likeness (QED) is 0.932. The van der Waals surface area contributed by atoms with Crippen LogP contribution in [0.4, 0.5) is 0 Å². The van der Waals surface area contributed by atoms with Crippen LogP contribution in [0.25, 0.3) is 0 Å². The van der Waals surface area contributed by atoms with E-state index in [1.54, 1.807) is 0 Å². The van der Waals surface area contributed by atoms with Gasteiger partial charge in [-0.05, 0) is 39.0 Å². The highest BCUT2D eigenvalue weighted by Gasteiger charge is 2.13. The molecule has 0 saturated heterocycles. The van der Waals surface area contributed by atoms with E-state index in [0.717, 1.165) is 32.8 Å². The molecule has 0 amide bonds. The maximum absolute atomic E-state index is 5.96. The molecular weight excluding hydrogens is 308 g/mol. The van der Waals surface area contributed by atoms with E-state index in [-0.39, 0.29) is 6.04 Å². The third-order valence-electron chi connectivity index (χ3n) is 3.02. The summed E-state index contributed by atoms with van der Waals surface area (Å²) >= 11 is 3.44. The summed E-state index contributed by atoms with van der Waals surface area (Å²) in [6.07, 6.45) is 0. The first-order valence-electron chi connectivity index (χ1n) is 6.08. The summed E-state index contributed by atoms with van der Waals surface area (Å²) in [7, 11) is 0. The summed E-state index contributed by atoms with van der Waals surface area (Å²) in [5.74, 6) is 1.58. The maximum atomic E-state index is 5.96. The summed E-state index contributed by atoms with van der Waals surface area (Å²) in [5, 5.41) is 3.91. The molecule has 0 aliphatic carbocycles. The Bertz CT molecular complexity index is 559. The average molecular weight is 325 g/mol. The normalized spacial score (nSPS) is 12.5. The summed E-state index contributed by atoms with van der Waals surface area (Å²) in [4.78, 5) is 0. The average Bonchev–Trinajstić information content (AvgIpc) is 2.68. The number of nitrogens with zero attached hydrogens (tertiary/aromatic N) is 1. The molecule has 0 aliphatic heterocycles. The molecule has 2 aromatic rings. The van der Waals surface area contributed by atoms with Crippen LogP contribution in [0.1, 0.15) is 35.5 Å². The second-order valence-electron chi connectivity index (χ2n) is 4.56. The van der Waals surface area contributed by atoms with Crippen LogP contribution in [0.15, 0.2) is 27.2 Å². The van der Waals surface area contributed by atoms with Crippen LogP contribution >= 0.6 is 15.9 Å². The van der Waals surface area contributed by atoms with Crippen molar-refractivity contribution >= 4 is 15.9 Å². The van der Waals surface area contributed by atoms with Crippen molar-refractivity contribution in [1.29, 1.82) is 0 Å². The van der Waals surface area contributed by atoms with Gasteiger partial charge in [-0.3, -0.25) is 0 Å². The molecule has 0 fully saturated rings. The van der Waals surface area contributed by atoms with Crippen molar-refractivity contribution in [1.82, 2.24) is 5.16 Å². The molecule has 4 nitrogen and oxygen atoms in total. The molecule has 19 heavy (non-hydrogen) atoms. The Morgan fingerprint density at radius 3 is 2.74 bits per heavy atom. The van der Waals surface area contributed by atoms with E-state index in [9.17, 15) is 0 Å². The molecular formula is C14H17BrN2O2. The van der Waals surface area contributed by atoms with Gasteiger partial charge in [0, 0.05) is 16.1 Å². The van der Waals surface area contributed by atoms with Gasteiger partial charge in [0.2, 0.25) is 0 Å². The van der Waals surface area contributed by atoms with Gasteiger partial charge in [-0.15, -0.1) is 0 Å². The zero-order valence-corrected chi connectivity index (χ0v) is 12.8. The van der Waals surface area contributed by atoms with Crippen molar-refractivity contribution < 1.29 is 9.26 Å². The number of rotatable bonds is 4. The number of hydrogen-bond acceptors (Lipinski definition) is 4. The molecule has 1 heterocycles. The van der Waals surface area contributed by atoms with Crippen LogP contribution in [-0.4, -0.2) is 5.16 Å².